The molecular formula is C13H15ClN2. The van der Waals surface area contributed by atoms with Gasteiger partial charge in [-0.3, -0.25) is 0 Å². The van der Waals surface area contributed by atoms with Crippen molar-refractivity contribution in [1.29, 1.82) is 5.26 Å². The topological polar surface area (TPSA) is 27.0 Å². The van der Waals surface area contributed by atoms with Crippen LogP contribution in [0.2, 0.25) is 5.02 Å². The standard InChI is InChI=1S/C13H15ClN2/c1-16(10-13(9-15)6-7-13)8-11-2-4-12(14)5-3-11/h2-5H,6-8,10H2,1H3. The molecule has 0 bridgehead atoms. The van der Waals surface area contributed by atoms with E-state index in [1.165, 1.54) is 5.56 Å². The fraction of sp³-hybridized carbons (Fsp3) is 0.462. The summed E-state index contributed by atoms with van der Waals surface area (Å²) in [7, 11) is 2.06. The van der Waals surface area contributed by atoms with E-state index in [2.05, 4.69) is 18.0 Å². The minimum atomic E-state index is -0.0544. The minimum absolute atomic E-state index is 0.0544. The number of benzene rings is 1. The van der Waals surface area contributed by atoms with E-state index in [1.807, 2.05) is 24.3 Å². The minimum Gasteiger partial charge on any atom is -0.301 e. The van der Waals surface area contributed by atoms with Gasteiger partial charge in [-0.15, -0.1) is 0 Å². The molecule has 1 saturated carbocycles. The average molecular weight is 235 g/mol. The van der Waals surface area contributed by atoms with Gasteiger partial charge in [0.2, 0.25) is 0 Å². The Bertz CT molecular complexity index is 401. The summed E-state index contributed by atoms with van der Waals surface area (Å²) in [5.41, 5.74) is 1.18. The van der Waals surface area contributed by atoms with Crippen molar-refractivity contribution in [3.05, 3.63) is 34.9 Å². The van der Waals surface area contributed by atoms with Crippen molar-refractivity contribution in [1.82, 2.24) is 4.90 Å². The number of rotatable bonds is 4. The second-order valence-electron chi connectivity index (χ2n) is 4.69. The van der Waals surface area contributed by atoms with E-state index in [0.29, 0.717) is 0 Å². The lowest BCUT2D eigenvalue weighted by molar-refractivity contribution is 0.286. The average Bonchev–Trinajstić information content (AvgIpc) is 3.02. The van der Waals surface area contributed by atoms with Crippen molar-refractivity contribution < 1.29 is 0 Å². The van der Waals surface area contributed by atoms with Crippen LogP contribution in [-0.4, -0.2) is 18.5 Å². The summed E-state index contributed by atoms with van der Waals surface area (Å²) in [4.78, 5) is 2.21. The Labute approximate surface area is 101 Å². The molecule has 2 rings (SSSR count). The third-order valence-electron chi connectivity index (χ3n) is 3.03. The highest BCUT2D eigenvalue weighted by molar-refractivity contribution is 6.30. The highest BCUT2D eigenvalue weighted by atomic mass is 35.5. The Hall–Kier alpha value is -1.04. The predicted molar refractivity (Wildman–Crippen MR) is 65.1 cm³/mol. The number of nitriles is 1. The lowest BCUT2D eigenvalue weighted by Gasteiger charge is -2.19. The monoisotopic (exact) mass is 234 g/mol. The first-order valence-electron chi connectivity index (χ1n) is 5.48. The molecule has 0 unspecified atom stereocenters. The summed E-state index contributed by atoms with van der Waals surface area (Å²) in [6.45, 7) is 1.74. The zero-order valence-electron chi connectivity index (χ0n) is 9.41. The van der Waals surface area contributed by atoms with Gasteiger partial charge >= 0.3 is 0 Å². The molecule has 0 amide bonds. The van der Waals surface area contributed by atoms with Crippen molar-refractivity contribution in [2.75, 3.05) is 13.6 Å². The molecular weight excluding hydrogens is 220 g/mol. The van der Waals surface area contributed by atoms with Crippen molar-refractivity contribution in [2.45, 2.75) is 19.4 Å². The smallest absolute Gasteiger partial charge is 0.0703 e. The van der Waals surface area contributed by atoms with Crippen LogP contribution in [0.3, 0.4) is 0 Å². The van der Waals surface area contributed by atoms with Crippen LogP contribution in [-0.2, 0) is 6.54 Å². The Morgan fingerprint density at radius 2 is 2.00 bits per heavy atom. The van der Waals surface area contributed by atoms with Crippen LogP contribution in [0.15, 0.2) is 24.3 Å². The second kappa shape index (κ2) is 4.45. The molecule has 0 aromatic heterocycles. The van der Waals surface area contributed by atoms with Gasteiger partial charge in [-0.25, -0.2) is 0 Å². The molecule has 1 aliphatic carbocycles. The molecule has 3 heteroatoms. The molecule has 84 valence electrons. The molecule has 0 heterocycles. The van der Waals surface area contributed by atoms with E-state index in [1.54, 1.807) is 0 Å². The van der Waals surface area contributed by atoms with Crippen LogP contribution in [0.4, 0.5) is 0 Å². The SMILES string of the molecule is CN(Cc1ccc(Cl)cc1)CC1(C#N)CC1. The molecule has 0 atom stereocenters. The maximum Gasteiger partial charge on any atom is 0.0703 e. The lowest BCUT2D eigenvalue weighted by atomic mass is 10.1. The van der Waals surface area contributed by atoms with E-state index in [-0.39, 0.29) is 5.41 Å². The fourth-order valence-electron chi connectivity index (χ4n) is 1.93. The van der Waals surface area contributed by atoms with Crippen LogP contribution in [0, 0.1) is 16.7 Å². The Morgan fingerprint density at radius 1 is 1.38 bits per heavy atom. The van der Waals surface area contributed by atoms with E-state index < -0.39 is 0 Å². The molecule has 0 saturated heterocycles. The number of hydrogen-bond acceptors (Lipinski definition) is 2. The molecule has 0 spiro atoms. The second-order valence-corrected chi connectivity index (χ2v) is 5.13. The van der Waals surface area contributed by atoms with Gasteiger partial charge in [-0.2, -0.15) is 5.26 Å². The summed E-state index contributed by atoms with van der Waals surface area (Å²) in [5.74, 6) is 0. The Balaban J connectivity index is 1.90. The first kappa shape index (κ1) is 11.4. The summed E-state index contributed by atoms with van der Waals surface area (Å²) in [6, 6.07) is 10.3. The van der Waals surface area contributed by atoms with E-state index in [9.17, 15) is 0 Å². The molecule has 16 heavy (non-hydrogen) atoms. The fourth-order valence-corrected chi connectivity index (χ4v) is 2.06. The van der Waals surface area contributed by atoms with Crippen molar-refractivity contribution >= 4 is 11.6 Å². The van der Waals surface area contributed by atoms with Crippen molar-refractivity contribution in [3.63, 3.8) is 0 Å². The van der Waals surface area contributed by atoms with Crippen LogP contribution in [0.25, 0.3) is 0 Å². The first-order valence-corrected chi connectivity index (χ1v) is 5.86. The van der Waals surface area contributed by atoms with Gasteiger partial charge in [0.25, 0.3) is 0 Å². The van der Waals surface area contributed by atoms with Crippen LogP contribution >= 0.6 is 11.6 Å². The third kappa shape index (κ3) is 2.75. The molecule has 0 radical (unpaired) electrons. The van der Waals surface area contributed by atoms with Gasteiger partial charge in [-0.05, 0) is 37.6 Å². The molecule has 2 nitrogen and oxygen atoms in total. The maximum atomic E-state index is 9.01. The summed E-state index contributed by atoms with van der Waals surface area (Å²) in [5, 5.41) is 9.78. The highest BCUT2D eigenvalue weighted by Crippen LogP contribution is 2.45. The zero-order valence-corrected chi connectivity index (χ0v) is 10.2. The number of hydrogen-bond donors (Lipinski definition) is 0. The quantitative estimate of drug-likeness (QED) is 0.801. The van der Waals surface area contributed by atoms with Gasteiger partial charge in [0.05, 0.1) is 11.5 Å². The summed E-state index contributed by atoms with van der Waals surface area (Å²) >= 11 is 5.83. The number of halogens is 1. The molecule has 1 aromatic rings. The van der Waals surface area contributed by atoms with Gasteiger partial charge in [0, 0.05) is 18.1 Å². The lowest BCUT2D eigenvalue weighted by Crippen LogP contribution is -2.25. The third-order valence-corrected chi connectivity index (χ3v) is 3.28. The maximum absolute atomic E-state index is 9.01. The van der Waals surface area contributed by atoms with E-state index >= 15 is 0 Å². The largest absolute Gasteiger partial charge is 0.301 e. The highest BCUT2D eigenvalue weighted by Gasteiger charge is 2.43. The number of nitrogens with zero attached hydrogens (tertiary/aromatic N) is 2. The van der Waals surface area contributed by atoms with E-state index in [4.69, 9.17) is 16.9 Å². The zero-order chi connectivity index (χ0) is 11.6. The van der Waals surface area contributed by atoms with Crippen LogP contribution in [0.1, 0.15) is 18.4 Å². The van der Waals surface area contributed by atoms with Crippen LogP contribution < -0.4 is 0 Å². The Kier molecular flexibility index (Phi) is 3.18. The van der Waals surface area contributed by atoms with Gasteiger partial charge < -0.3 is 4.90 Å². The summed E-state index contributed by atoms with van der Waals surface area (Å²) < 4.78 is 0. The summed E-state index contributed by atoms with van der Waals surface area (Å²) in [6.07, 6.45) is 2.10. The molecule has 1 fully saturated rings. The van der Waals surface area contributed by atoms with Crippen molar-refractivity contribution in [2.24, 2.45) is 5.41 Å². The van der Waals surface area contributed by atoms with Gasteiger partial charge in [-0.1, -0.05) is 23.7 Å². The van der Waals surface area contributed by atoms with Gasteiger partial charge in [0.15, 0.2) is 0 Å². The van der Waals surface area contributed by atoms with E-state index in [0.717, 1.165) is 31.0 Å². The first-order chi connectivity index (χ1) is 7.63. The Morgan fingerprint density at radius 3 is 2.50 bits per heavy atom. The molecule has 1 aromatic carbocycles. The van der Waals surface area contributed by atoms with Crippen molar-refractivity contribution in [3.8, 4) is 6.07 Å². The van der Waals surface area contributed by atoms with Gasteiger partial charge in [0.1, 0.15) is 0 Å². The normalized spacial score (nSPS) is 17.1. The molecule has 0 N–H and O–H groups in total. The molecule has 0 aliphatic heterocycles. The van der Waals surface area contributed by atoms with Crippen LogP contribution in [0.5, 0.6) is 0 Å². The molecule has 1 aliphatic rings. The predicted octanol–water partition coefficient (Wildman–Crippen LogP) is 3.08.